The number of H-pyrrole nitrogens is 1. The fraction of sp³-hybridized carbons (Fsp3) is 0.500. The minimum absolute atomic E-state index is 0.0257. The molecule has 2 aromatic rings. The summed E-state index contributed by atoms with van der Waals surface area (Å²) in [5, 5.41) is 0. The normalized spacial score (nSPS) is 20.3. The zero-order chi connectivity index (χ0) is 12.6. The van der Waals surface area contributed by atoms with E-state index in [0.29, 0.717) is 18.8 Å². The number of fused-ring (bicyclic) bond motifs is 1. The molecule has 0 aliphatic heterocycles. The molecular weight excluding hydrogens is 234 g/mol. The molecule has 1 aliphatic carbocycles. The Kier molecular flexibility index (Phi) is 2.80. The van der Waals surface area contributed by atoms with E-state index in [2.05, 4.69) is 9.97 Å². The number of rotatable bonds is 2. The number of hydrogen-bond donors (Lipinski definition) is 1. The van der Waals surface area contributed by atoms with Gasteiger partial charge >= 0.3 is 0 Å². The summed E-state index contributed by atoms with van der Waals surface area (Å²) >= 11 is 0. The first-order valence-corrected chi connectivity index (χ1v) is 6.44. The first-order valence-electron chi connectivity index (χ1n) is 6.44. The second kappa shape index (κ2) is 4.34. The molecule has 1 aliphatic rings. The quantitative estimate of drug-likeness (QED) is 0.859. The van der Waals surface area contributed by atoms with Crippen LogP contribution in [0.5, 0.6) is 0 Å². The molecule has 4 heteroatoms. The predicted molar refractivity (Wildman–Crippen MR) is 66.7 cm³/mol. The second-order valence-electron chi connectivity index (χ2n) is 5.20. The van der Waals surface area contributed by atoms with Crippen LogP contribution in [0.15, 0.2) is 24.3 Å². The zero-order valence-corrected chi connectivity index (χ0v) is 10.1. The van der Waals surface area contributed by atoms with Crippen molar-refractivity contribution in [3.63, 3.8) is 0 Å². The maximum Gasteiger partial charge on any atom is 0.248 e. The van der Waals surface area contributed by atoms with Gasteiger partial charge in [0, 0.05) is 19.3 Å². The summed E-state index contributed by atoms with van der Waals surface area (Å²) in [5.74, 6) is -1.18. The van der Waals surface area contributed by atoms with E-state index in [9.17, 15) is 8.78 Å². The molecule has 0 radical (unpaired) electrons. The number of hydrogen-bond acceptors (Lipinski definition) is 1. The molecule has 0 unspecified atom stereocenters. The number of halogens is 2. The van der Waals surface area contributed by atoms with Crippen molar-refractivity contribution in [2.45, 2.75) is 38.0 Å². The summed E-state index contributed by atoms with van der Waals surface area (Å²) in [6.45, 7) is 0. The third kappa shape index (κ3) is 2.37. The molecule has 2 nitrogen and oxygen atoms in total. The van der Waals surface area contributed by atoms with Crippen LogP contribution in [0.1, 0.15) is 31.5 Å². The van der Waals surface area contributed by atoms with E-state index < -0.39 is 5.92 Å². The Morgan fingerprint density at radius 3 is 2.67 bits per heavy atom. The highest BCUT2D eigenvalue weighted by atomic mass is 19.3. The molecule has 0 amide bonds. The topological polar surface area (TPSA) is 28.7 Å². The lowest BCUT2D eigenvalue weighted by Crippen LogP contribution is -2.25. The van der Waals surface area contributed by atoms with Crippen LogP contribution >= 0.6 is 0 Å². The highest BCUT2D eigenvalue weighted by molar-refractivity contribution is 5.74. The molecule has 96 valence electrons. The number of aromatic nitrogens is 2. The van der Waals surface area contributed by atoms with Crippen molar-refractivity contribution in [2.75, 3.05) is 0 Å². The Morgan fingerprint density at radius 2 is 1.94 bits per heavy atom. The van der Waals surface area contributed by atoms with Crippen LogP contribution < -0.4 is 0 Å². The third-order valence-electron chi connectivity index (χ3n) is 3.76. The maximum atomic E-state index is 13.1. The molecule has 1 aromatic heterocycles. The summed E-state index contributed by atoms with van der Waals surface area (Å²) in [6, 6.07) is 7.87. The summed E-state index contributed by atoms with van der Waals surface area (Å²) in [4.78, 5) is 7.77. The highest BCUT2D eigenvalue weighted by Gasteiger charge is 2.34. The fourth-order valence-electron chi connectivity index (χ4n) is 2.68. The van der Waals surface area contributed by atoms with Crippen molar-refractivity contribution < 1.29 is 8.78 Å². The molecule has 18 heavy (non-hydrogen) atoms. The first-order chi connectivity index (χ1) is 8.62. The Hall–Kier alpha value is -1.45. The number of aromatic amines is 1. The van der Waals surface area contributed by atoms with E-state index in [0.717, 1.165) is 23.3 Å². The van der Waals surface area contributed by atoms with Crippen LogP contribution in [-0.2, 0) is 6.42 Å². The molecule has 0 spiro atoms. The summed E-state index contributed by atoms with van der Waals surface area (Å²) < 4.78 is 26.1. The Morgan fingerprint density at radius 1 is 1.22 bits per heavy atom. The zero-order valence-electron chi connectivity index (χ0n) is 10.1. The van der Waals surface area contributed by atoms with Gasteiger partial charge in [-0.05, 0) is 30.9 Å². The van der Waals surface area contributed by atoms with Gasteiger partial charge in [-0.3, -0.25) is 0 Å². The molecule has 0 bridgehead atoms. The molecular formula is C14H16F2N2. The first kappa shape index (κ1) is 11.6. The van der Waals surface area contributed by atoms with E-state index in [4.69, 9.17) is 0 Å². The number of imidazole rings is 1. The average molecular weight is 250 g/mol. The molecule has 1 saturated carbocycles. The lowest BCUT2D eigenvalue weighted by atomic mass is 9.85. The van der Waals surface area contributed by atoms with Gasteiger partial charge in [-0.2, -0.15) is 0 Å². The van der Waals surface area contributed by atoms with E-state index in [1.165, 1.54) is 0 Å². The van der Waals surface area contributed by atoms with Crippen LogP contribution in [-0.4, -0.2) is 15.9 Å². The molecule has 0 saturated heterocycles. The van der Waals surface area contributed by atoms with Gasteiger partial charge in [-0.1, -0.05) is 12.1 Å². The Balaban J connectivity index is 1.69. The average Bonchev–Trinajstić information content (AvgIpc) is 2.74. The number of nitrogens with one attached hydrogen (secondary N) is 1. The van der Waals surface area contributed by atoms with Crippen molar-refractivity contribution in [3.8, 4) is 0 Å². The van der Waals surface area contributed by atoms with Crippen molar-refractivity contribution in [1.82, 2.24) is 9.97 Å². The van der Waals surface area contributed by atoms with Gasteiger partial charge in [0.15, 0.2) is 0 Å². The molecule has 1 N–H and O–H groups in total. The van der Waals surface area contributed by atoms with E-state index in [1.807, 2.05) is 24.3 Å². The smallest absolute Gasteiger partial charge is 0.248 e. The fourth-order valence-corrected chi connectivity index (χ4v) is 2.68. The monoisotopic (exact) mass is 250 g/mol. The van der Waals surface area contributed by atoms with Gasteiger partial charge in [0.05, 0.1) is 11.0 Å². The number of nitrogens with zero attached hydrogens (tertiary/aromatic N) is 1. The van der Waals surface area contributed by atoms with Gasteiger partial charge in [0.2, 0.25) is 5.92 Å². The van der Waals surface area contributed by atoms with Crippen LogP contribution in [0.25, 0.3) is 11.0 Å². The largest absolute Gasteiger partial charge is 0.342 e. The minimum atomic E-state index is -2.44. The van der Waals surface area contributed by atoms with Gasteiger partial charge < -0.3 is 4.98 Å². The lowest BCUT2D eigenvalue weighted by Gasteiger charge is -2.27. The maximum absolute atomic E-state index is 13.1. The second-order valence-corrected chi connectivity index (χ2v) is 5.20. The molecule has 1 aromatic carbocycles. The van der Waals surface area contributed by atoms with Crippen LogP contribution in [0.4, 0.5) is 8.78 Å². The SMILES string of the molecule is FC1(F)CCC(Cc2nc3ccccc3[nH]2)CC1. The van der Waals surface area contributed by atoms with Gasteiger partial charge in [-0.25, -0.2) is 13.8 Å². The van der Waals surface area contributed by atoms with E-state index in [-0.39, 0.29) is 12.8 Å². The van der Waals surface area contributed by atoms with Crippen LogP contribution in [0.3, 0.4) is 0 Å². The predicted octanol–water partition coefficient (Wildman–Crippen LogP) is 3.93. The van der Waals surface area contributed by atoms with Crippen molar-refractivity contribution in [2.24, 2.45) is 5.92 Å². The molecule has 3 rings (SSSR count). The highest BCUT2D eigenvalue weighted by Crippen LogP contribution is 2.37. The van der Waals surface area contributed by atoms with E-state index >= 15 is 0 Å². The standard InChI is InChI=1S/C14H16F2N2/c15-14(16)7-5-10(6-8-14)9-13-17-11-3-1-2-4-12(11)18-13/h1-4,10H,5-9H2,(H,17,18). The van der Waals surface area contributed by atoms with Crippen molar-refractivity contribution >= 4 is 11.0 Å². The van der Waals surface area contributed by atoms with Crippen molar-refractivity contribution in [3.05, 3.63) is 30.1 Å². The number of benzene rings is 1. The Labute approximate surface area is 104 Å². The number of para-hydroxylation sites is 2. The molecule has 1 fully saturated rings. The third-order valence-corrected chi connectivity index (χ3v) is 3.76. The number of alkyl halides is 2. The molecule has 0 atom stereocenters. The van der Waals surface area contributed by atoms with Gasteiger partial charge in [0.1, 0.15) is 5.82 Å². The van der Waals surface area contributed by atoms with E-state index in [1.54, 1.807) is 0 Å². The lowest BCUT2D eigenvalue weighted by molar-refractivity contribution is -0.0458. The van der Waals surface area contributed by atoms with Crippen molar-refractivity contribution in [1.29, 1.82) is 0 Å². The van der Waals surface area contributed by atoms with Gasteiger partial charge in [-0.15, -0.1) is 0 Å². The summed E-state index contributed by atoms with van der Waals surface area (Å²) in [6.07, 6.45) is 2.04. The summed E-state index contributed by atoms with van der Waals surface area (Å²) in [7, 11) is 0. The summed E-state index contributed by atoms with van der Waals surface area (Å²) in [5.41, 5.74) is 1.97. The van der Waals surface area contributed by atoms with Gasteiger partial charge in [0.25, 0.3) is 0 Å². The minimum Gasteiger partial charge on any atom is -0.342 e. The Bertz CT molecular complexity index is 504. The van der Waals surface area contributed by atoms with Crippen LogP contribution in [0, 0.1) is 5.92 Å². The molecule has 1 heterocycles. The van der Waals surface area contributed by atoms with Crippen LogP contribution in [0.2, 0.25) is 0 Å².